The monoisotopic (exact) mass is 1370 g/mol. The molecule has 25 heteroatoms. The summed E-state index contributed by atoms with van der Waals surface area (Å²) in [5.74, 6) is -8.48. The zero-order valence-electron chi connectivity index (χ0n) is 56.8. The summed E-state index contributed by atoms with van der Waals surface area (Å²) in [5, 5.41) is 67.7. The maximum absolute atomic E-state index is 11.2. The van der Waals surface area contributed by atoms with Crippen LogP contribution in [0.25, 0.3) is 11.6 Å². The molecule has 0 radical (unpaired) electrons. The summed E-state index contributed by atoms with van der Waals surface area (Å²) in [6, 6.07) is 18.9. The van der Waals surface area contributed by atoms with E-state index in [9.17, 15) is 47.9 Å². The Morgan fingerprint density at radius 2 is 0.719 bits per heavy atom. The molecule has 2 aromatic carbocycles. The molecule has 0 saturated carbocycles. The van der Waals surface area contributed by atoms with Crippen molar-refractivity contribution in [3.05, 3.63) is 207 Å². The van der Waals surface area contributed by atoms with Gasteiger partial charge < -0.3 is 54.9 Å². The predicted molar refractivity (Wildman–Crippen MR) is 369 cm³/mol. The van der Waals surface area contributed by atoms with Crippen LogP contribution < -0.4 is 29.6 Å². The molecular formula is C71H99NaO23S. The molecule has 0 spiro atoms. The largest absolute Gasteiger partial charge is 1.00 e. The van der Waals surface area contributed by atoms with Gasteiger partial charge in [-0.25, -0.2) is 56.4 Å². The van der Waals surface area contributed by atoms with E-state index in [-0.39, 0.29) is 87.0 Å². The van der Waals surface area contributed by atoms with Gasteiger partial charge in [-0.1, -0.05) is 178 Å². The van der Waals surface area contributed by atoms with Crippen LogP contribution >= 0.6 is 0 Å². The van der Waals surface area contributed by atoms with Gasteiger partial charge in [0.2, 0.25) is 0 Å². The van der Waals surface area contributed by atoms with Gasteiger partial charge in [0.1, 0.15) is 0 Å². The Morgan fingerprint density at radius 3 is 0.958 bits per heavy atom. The van der Waals surface area contributed by atoms with Gasteiger partial charge in [0.15, 0.2) is 0 Å². The van der Waals surface area contributed by atoms with E-state index in [1.54, 1.807) is 44.2 Å². The Kier molecular flexibility index (Phi) is 69.4. The van der Waals surface area contributed by atoms with Gasteiger partial charge in [0, 0.05) is 56.4 Å². The van der Waals surface area contributed by atoms with E-state index >= 15 is 0 Å². The molecule has 0 aliphatic carbocycles. The first-order valence-electron chi connectivity index (χ1n) is 29.2. The van der Waals surface area contributed by atoms with Gasteiger partial charge in [-0.2, -0.15) is 0 Å². The minimum atomic E-state index is -3.92. The second-order valence-corrected chi connectivity index (χ2v) is 21.1. The molecule has 2 rings (SSSR count). The summed E-state index contributed by atoms with van der Waals surface area (Å²) in [7, 11) is -3.92. The smallest absolute Gasteiger partial charge is 0.748 e. The van der Waals surface area contributed by atoms with E-state index in [0.29, 0.717) is 80.6 Å². The molecule has 96 heavy (non-hydrogen) atoms. The standard InChI is InChI=1S/C15H24O4.C12H18O4.C11H16O4.C9H8O2.C8H10O4.C8H8.C4H6O2.C3H6.CH4O3S.Na/c1-4-5-6-13(9-7-11(2)14(16)17)10-8-12(3)15(18)19;1-5-15-11(13)9(3)7-8-10(4)12(14)16-6-2;1-8(10(12)13)6-4-3-5-7-9(2)11(14)15;1-7(9(10)11)8-5-3-2-4-6-8;1-5(7(9)10)3-4-6(2)8(11)12;1-2-8-6-4-3-5-7-8;1-3(2)4(5)6;1-3-2;1-5(2,3)4;/h13H,2-10H2,1H3,(H,16,17)(H,18,19);3-8H2,1-2H3;1-7H2,(H,12,13)(H,14,15);2-6H,1H2,(H,10,11);1-4H2,(H,9,10)(H,11,12);2-7H,1H2;1H2,2H3,(H,5,6);3H,1H2,2H3;1H3,(H,2,3,4);/q;;;;;;;;;+1/p-1. The molecule has 0 heterocycles. The fourth-order valence-corrected chi connectivity index (χ4v) is 5.80. The van der Waals surface area contributed by atoms with Crippen molar-refractivity contribution < 1.29 is 141 Å². The van der Waals surface area contributed by atoms with E-state index in [4.69, 9.17) is 63.3 Å². The van der Waals surface area contributed by atoms with E-state index < -0.39 is 69.8 Å². The number of carboxylic acid groups (broad SMARTS) is 8. The molecule has 0 saturated heterocycles. The van der Waals surface area contributed by atoms with Crippen molar-refractivity contribution in [3.8, 4) is 0 Å². The van der Waals surface area contributed by atoms with Crippen molar-refractivity contribution in [2.24, 2.45) is 5.92 Å². The first-order chi connectivity index (χ1) is 44.0. The second-order valence-electron chi connectivity index (χ2n) is 19.7. The number of unbranched alkanes of at least 4 members (excludes halogenated alkanes) is 3. The van der Waals surface area contributed by atoms with E-state index in [2.05, 4.69) is 85.9 Å². The number of carbonyl (C=O) groups is 10. The third kappa shape index (κ3) is 72.4. The summed E-state index contributed by atoms with van der Waals surface area (Å²) in [4.78, 5) is 105. The van der Waals surface area contributed by atoms with Crippen LogP contribution in [0.1, 0.15) is 148 Å². The Labute approximate surface area is 588 Å². The first kappa shape index (κ1) is 103. The van der Waals surface area contributed by atoms with Crippen LogP contribution in [-0.4, -0.2) is 133 Å². The number of ether oxygens (including phenoxy) is 2. The fourth-order valence-electron chi connectivity index (χ4n) is 5.80. The van der Waals surface area contributed by atoms with Gasteiger partial charge >= 0.3 is 89.3 Å². The van der Waals surface area contributed by atoms with Crippen molar-refractivity contribution in [1.82, 2.24) is 0 Å². The molecule has 0 atom stereocenters. The van der Waals surface area contributed by atoms with Gasteiger partial charge in [-0.3, -0.25) is 0 Å². The number of carbonyl (C=O) groups excluding carboxylic acids is 2. The van der Waals surface area contributed by atoms with Crippen molar-refractivity contribution >= 4 is 81.5 Å². The Balaban J connectivity index is -0.000000156. The van der Waals surface area contributed by atoms with Crippen LogP contribution in [0, 0.1) is 5.92 Å². The SMILES string of the molecule is C=C(C(=O)O)c1ccccc1.C=C(C)C(=O)O.C=C(CCC(=C)C(=O)O)C(=O)O.C=C(CCC(=C)C(=O)OCC)C(=O)OCC.C=C(CCC(CCCC)CCC(=C)C(=O)O)C(=O)O.C=C(CCCCCC(=C)C(=O)O)C(=O)O.C=CC.C=Cc1ccccc1.CS(=O)(=O)[O-].[Na+]. The van der Waals surface area contributed by atoms with Gasteiger partial charge in [0.05, 0.1) is 28.9 Å². The molecule has 0 aromatic heterocycles. The molecule has 2 aromatic rings. The zero-order chi connectivity index (χ0) is 75.4. The Morgan fingerprint density at radius 1 is 0.448 bits per heavy atom. The van der Waals surface area contributed by atoms with Crippen molar-refractivity contribution in [2.75, 3.05) is 19.5 Å². The number of rotatable bonds is 35. The second kappa shape index (κ2) is 64.6. The number of hydrogen-bond donors (Lipinski definition) is 8. The zero-order valence-corrected chi connectivity index (χ0v) is 59.6. The Hall–Kier alpha value is -9.07. The molecule has 8 N–H and O–H groups in total. The summed E-state index contributed by atoms with van der Waals surface area (Å²) in [5.41, 5.74) is 3.65. The summed E-state index contributed by atoms with van der Waals surface area (Å²) < 4.78 is 36.7. The minimum Gasteiger partial charge on any atom is -0.748 e. The maximum Gasteiger partial charge on any atom is 1.00 e. The van der Waals surface area contributed by atoms with Gasteiger partial charge in [-0.05, 0) is 122 Å². The van der Waals surface area contributed by atoms with Gasteiger partial charge in [-0.15, -0.1) is 6.58 Å². The normalized spacial score (nSPS) is 9.21. The molecule has 0 amide bonds. The number of benzene rings is 2. The minimum absolute atomic E-state index is 0. The molecule has 0 aliphatic rings. The molecular weight excluding hydrogens is 1280 g/mol. The molecule has 23 nitrogen and oxygen atoms in total. The fraction of sp³-hybridized carbons (Fsp3) is 0.352. The summed E-state index contributed by atoms with van der Waals surface area (Å²) >= 11 is 0. The average molecular weight is 1380 g/mol. The van der Waals surface area contributed by atoms with E-state index in [1.807, 2.05) is 49.4 Å². The Bertz CT molecular complexity index is 2880. The van der Waals surface area contributed by atoms with Crippen molar-refractivity contribution in [3.63, 3.8) is 0 Å². The van der Waals surface area contributed by atoms with Gasteiger partial charge in [0.25, 0.3) is 0 Å². The van der Waals surface area contributed by atoms with Crippen LogP contribution in [0.3, 0.4) is 0 Å². The third-order valence-electron chi connectivity index (χ3n) is 11.3. The first-order valence-corrected chi connectivity index (χ1v) is 31.0. The summed E-state index contributed by atoms with van der Waals surface area (Å²) in [6.07, 6.45) is 13.9. The molecule has 0 fully saturated rings. The number of aliphatic carboxylic acids is 8. The quantitative estimate of drug-likeness (QED) is 0.00793. The van der Waals surface area contributed by atoms with E-state index in [1.165, 1.54) is 12.5 Å². The van der Waals surface area contributed by atoms with Crippen LogP contribution in [0.4, 0.5) is 0 Å². The molecule has 0 aliphatic heterocycles. The number of hydrogen-bond acceptors (Lipinski definition) is 15. The van der Waals surface area contributed by atoms with Crippen molar-refractivity contribution in [2.45, 2.75) is 137 Å². The maximum atomic E-state index is 11.2. The van der Waals surface area contributed by atoms with Crippen molar-refractivity contribution in [1.29, 1.82) is 0 Å². The summed E-state index contributed by atoms with van der Waals surface area (Å²) in [6.45, 7) is 50.6. The molecule has 0 bridgehead atoms. The third-order valence-corrected chi connectivity index (χ3v) is 11.3. The van der Waals surface area contributed by atoms with Crippen LogP contribution in [0.5, 0.6) is 0 Å². The predicted octanol–water partition coefficient (Wildman–Crippen LogP) is 11.0. The van der Waals surface area contributed by atoms with Crippen LogP contribution in [0.15, 0.2) is 196 Å². The van der Waals surface area contributed by atoms with Crippen LogP contribution in [0.2, 0.25) is 0 Å². The molecule has 0 unspecified atom stereocenters. The topological polar surface area (TPSA) is 408 Å². The van der Waals surface area contributed by atoms with Crippen LogP contribution in [-0.2, 0) is 67.5 Å². The number of carboxylic acids is 8. The average Bonchev–Trinajstić information content (AvgIpc) is 1.45. The number of esters is 2. The molecule has 528 valence electrons. The number of allylic oxidation sites excluding steroid dienone is 1. The van der Waals surface area contributed by atoms with E-state index in [0.717, 1.165) is 51.4 Å².